The van der Waals surface area contributed by atoms with Gasteiger partial charge >= 0.3 is 0 Å². The fourth-order valence-electron chi connectivity index (χ4n) is 3.36. The Labute approximate surface area is 111 Å². The Morgan fingerprint density at radius 3 is 2.65 bits per heavy atom. The maximum absolute atomic E-state index is 12.2. The molecule has 2 rings (SSSR count). The van der Waals surface area contributed by atoms with E-state index in [0.717, 1.165) is 25.3 Å². The number of rotatable bonds is 3. The van der Waals surface area contributed by atoms with Crippen molar-refractivity contribution < 1.29 is 4.79 Å². The minimum Gasteiger partial charge on any atom is -0.342 e. The van der Waals surface area contributed by atoms with Crippen LogP contribution in [0, 0.1) is 11.3 Å². The van der Waals surface area contributed by atoms with Crippen molar-refractivity contribution in [1.29, 1.82) is 0 Å². The molecule has 0 N–H and O–H groups in total. The number of carbonyl (C=O) groups excluding carboxylic acids is 1. The van der Waals surface area contributed by atoms with E-state index >= 15 is 0 Å². The van der Waals surface area contributed by atoms with Gasteiger partial charge in [-0.05, 0) is 36.9 Å². The Kier molecular flexibility index (Phi) is 4.40. The molecule has 0 spiro atoms. The van der Waals surface area contributed by atoms with Gasteiger partial charge in [0.1, 0.15) is 0 Å². The van der Waals surface area contributed by atoms with Crippen LogP contribution in [0.25, 0.3) is 0 Å². The van der Waals surface area contributed by atoms with Crippen LogP contribution in [0.2, 0.25) is 0 Å². The summed E-state index contributed by atoms with van der Waals surface area (Å²) in [5, 5.41) is 0. The van der Waals surface area contributed by atoms with Crippen molar-refractivity contribution in [2.75, 3.05) is 18.8 Å². The summed E-state index contributed by atoms with van der Waals surface area (Å²) >= 11 is 4.56. The number of hydrogen-bond donors (Lipinski definition) is 1. The summed E-state index contributed by atoms with van der Waals surface area (Å²) in [7, 11) is 0. The van der Waals surface area contributed by atoms with Crippen LogP contribution in [0.15, 0.2) is 0 Å². The molecule has 3 heteroatoms. The van der Waals surface area contributed by atoms with Crippen molar-refractivity contribution >= 4 is 18.5 Å². The summed E-state index contributed by atoms with van der Waals surface area (Å²) in [6.07, 6.45) is 8.76. The van der Waals surface area contributed by atoms with Gasteiger partial charge in [-0.15, -0.1) is 0 Å². The zero-order chi connectivity index (χ0) is 12.3. The maximum atomic E-state index is 12.2. The van der Waals surface area contributed by atoms with Gasteiger partial charge in [0.05, 0.1) is 0 Å². The summed E-state index contributed by atoms with van der Waals surface area (Å²) in [6.45, 7) is 4.00. The monoisotopic (exact) mass is 255 g/mol. The molecule has 1 heterocycles. The highest BCUT2D eigenvalue weighted by Crippen LogP contribution is 2.38. The van der Waals surface area contributed by atoms with Gasteiger partial charge in [-0.25, -0.2) is 0 Å². The van der Waals surface area contributed by atoms with Gasteiger partial charge in [-0.2, -0.15) is 12.6 Å². The predicted molar refractivity (Wildman–Crippen MR) is 74.3 cm³/mol. The molecule has 1 unspecified atom stereocenters. The minimum absolute atomic E-state index is 0.240. The van der Waals surface area contributed by atoms with Gasteiger partial charge in [0.2, 0.25) is 5.91 Å². The maximum Gasteiger partial charge on any atom is 0.225 e. The Morgan fingerprint density at radius 2 is 2.00 bits per heavy atom. The molecule has 1 saturated heterocycles. The summed E-state index contributed by atoms with van der Waals surface area (Å²) in [5.41, 5.74) is 0.314. The number of piperidine rings is 1. The van der Waals surface area contributed by atoms with Crippen molar-refractivity contribution in [3.05, 3.63) is 0 Å². The van der Waals surface area contributed by atoms with Crippen LogP contribution < -0.4 is 0 Å². The second kappa shape index (κ2) is 5.64. The lowest BCUT2D eigenvalue weighted by molar-refractivity contribution is -0.139. The number of hydrogen-bond acceptors (Lipinski definition) is 2. The molecule has 0 aromatic rings. The van der Waals surface area contributed by atoms with Gasteiger partial charge < -0.3 is 4.90 Å². The Bertz CT molecular complexity index is 273. The van der Waals surface area contributed by atoms with Crippen molar-refractivity contribution in [3.63, 3.8) is 0 Å². The van der Waals surface area contributed by atoms with E-state index in [1.54, 1.807) is 0 Å². The van der Waals surface area contributed by atoms with Crippen LogP contribution in [-0.4, -0.2) is 29.6 Å². The second-order valence-corrected chi connectivity index (χ2v) is 6.34. The van der Waals surface area contributed by atoms with Crippen molar-refractivity contribution in [2.45, 2.75) is 51.9 Å². The van der Waals surface area contributed by atoms with E-state index in [2.05, 4.69) is 24.5 Å². The van der Waals surface area contributed by atoms with Crippen molar-refractivity contribution in [3.8, 4) is 0 Å². The molecular formula is C14H25NOS. The molecule has 2 nitrogen and oxygen atoms in total. The summed E-state index contributed by atoms with van der Waals surface area (Å²) in [4.78, 5) is 14.3. The largest absolute Gasteiger partial charge is 0.342 e. The normalized spacial score (nSPS) is 29.4. The molecule has 2 aliphatic rings. The summed E-state index contributed by atoms with van der Waals surface area (Å²) < 4.78 is 0. The highest BCUT2D eigenvalue weighted by atomic mass is 32.1. The standard InChI is InChI=1S/C14H25NOS/c1-12-6-5-9-15(13(12)16)10-14(11-17)7-3-2-4-8-14/h12,17H,2-11H2,1H3. The van der Waals surface area contributed by atoms with E-state index in [1.165, 1.54) is 38.5 Å². The zero-order valence-electron chi connectivity index (χ0n) is 11.0. The Morgan fingerprint density at radius 1 is 1.29 bits per heavy atom. The summed E-state index contributed by atoms with van der Waals surface area (Å²) in [5.74, 6) is 1.55. The SMILES string of the molecule is CC1CCCN(CC2(CS)CCCCC2)C1=O. The first-order chi connectivity index (χ1) is 8.17. The fraction of sp³-hybridized carbons (Fsp3) is 0.929. The van der Waals surface area contributed by atoms with Crippen LogP contribution in [0.3, 0.4) is 0 Å². The van der Waals surface area contributed by atoms with E-state index in [-0.39, 0.29) is 5.92 Å². The molecular weight excluding hydrogens is 230 g/mol. The lowest BCUT2D eigenvalue weighted by atomic mass is 9.74. The third kappa shape index (κ3) is 2.98. The van der Waals surface area contributed by atoms with E-state index in [1.807, 2.05) is 0 Å². The van der Waals surface area contributed by atoms with Gasteiger partial charge in [0.15, 0.2) is 0 Å². The van der Waals surface area contributed by atoms with E-state index in [9.17, 15) is 4.79 Å². The molecule has 2 fully saturated rings. The average molecular weight is 255 g/mol. The molecule has 0 bridgehead atoms. The molecule has 0 aromatic heterocycles. The van der Waals surface area contributed by atoms with Crippen molar-refractivity contribution in [2.24, 2.45) is 11.3 Å². The van der Waals surface area contributed by atoms with E-state index in [0.29, 0.717) is 11.3 Å². The molecule has 0 radical (unpaired) electrons. The highest BCUT2D eigenvalue weighted by molar-refractivity contribution is 7.80. The zero-order valence-corrected chi connectivity index (χ0v) is 11.8. The molecule has 17 heavy (non-hydrogen) atoms. The third-order valence-electron chi connectivity index (χ3n) is 4.57. The molecule has 1 aliphatic heterocycles. The highest BCUT2D eigenvalue weighted by Gasteiger charge is 2.36. The fourth-order valence-corrected chi connectivity index (χ4v) is 3.78. The number of carbonyl (C=O) groups is 1. The lowest BCUT2D eigenvalue weighted by Crippen LogP contribution is -2.47. The second-order valence-electron chi connectivity index (χ2n) is 6.02. The number of amides is 1. The van der Waals surface area contributed by atoms with Crippen molar-refractivity contribution in [1.82, 2.24) is 4.90 Å². The van der Waals surface area contributed by atoms with E-state index in [4.69, 9.17) is 0 Å². The third-order valence-corrected chi connectivity index (χ3v) is 5.25. The van der Waals surface area contributed by atoms with Crippen LogP contribution in [0.1, 0.15) is 51.9 Å². The topological polar surface area (TPSA) is 20.3 Å². The van der Waals surface area contributed by atoms with Crippen LogP contribution in [0.4, 0.5) is 0 Å². The molecule has 1 atom stereocenters. The number of nitrogens with zero attached hydrogens (tertiary/aromatic N) is 1. The Hall–Kier alpha value is -0.180. The van der Waals surface area contributed by atoms with Crippen LogP contribution in [0.5, 0.6) is 0 Å². The minimum atomic E-state index is 0.240. The van der Waals surface area contributed by atoms with Gasteiger partial charge in [-0.1, -0.05) is 26.2 Å². The van der Waals surface area contributed by atoms with Gasteiger partial charge in [0, 0.05) is 19.0 Å². The number of likely N-dealkylation sites (tertiary alicyclic amines) is 1. The summed E-state index contributed by atoms with van der Waals surface area (Å²) in [6, 6.07) is 0. The van der Waals surface area contributed by atoms with Crippen LogP contribution >= 0.6 is 12.6 Å². The predicted octanol–water partition coefficient (Wildman–Crippen LogP) is 3.13. The average Bonchev–Trinajstić information content (AvgIpc) is 2.36. The molecule has 0 aromatic carbocycles. The molecule has 1 saturated carbocycles. The van der Waals surface area contributed by atoms with Crippen LogP contribution in [-0.2, 0) is 4.79 Å². The molecule has 98 valence electrons. The molecule has 1 amide bonds. The first-order valence-corrected chi connectivity index (χ1v) is 7.70. The van der Waals surface area contributed by atoms with E-state index < -0.39 is 0 Å². The van der Waals surface area contributed by atoms with Gasteiger partial charge in [-0.3, -0.25) is 4.79 Å². The molecule has 1 aliphatic carbocycles. The van der Waals surface area contributed by atoms with Gasteiger partial charge in [0.25, 0.3) is 0 Å². The first kappa shape index (κ1) is 13.3. The first-order valence-electron chi connectivity index (χ1n) is 7.06. The lowest BCUT2D eigenvalue weighted by Gasteiger charge is -2.42. The quantitative estimate of drug-likeness (QED) is 0.768. The Balaban J connectivity index is 1.99. The smallest absolute Gasteiger partial charge is 0.225 e. The number of thiol groups is 1.